The molecule has 0 aliphatic carbocycles. The molecule has 0 radical (unpaired) electrons. The maximum Gasteiger partial charge on any atom is 0.251 e. The van der Waals surface area contributed by atoms with E-state index < -0.39 is 9.84 Å². The Morgan fingerprint density at radius 2 is 1.87 bits per heavy atom. The molecule has 158 valence electrons. The van der Waals surface area contributed by atoms with Gasteiger partial charge in [-0.05, 0) is 49.6 Å². The van der Waals surface area contributed by atoms with E-state index in [0.717, 1.165) is 23.7 Å². The third kappa shape index (κ3) is 5.23. The summed E-state index contributed by atoms with van der Waals surface area (Å²) < 4.78 is 23.3. The predicted octanol–water partition coefficient (Wildman–Crippen LogP) is 3.12. The number of carbonyl (C=O) groups excluding carboxylic acids is 1. The van der Waals surface area contributed by atoms with E-state index >= 15 is 0 Å². The highest BCUT2D eigenvalue weighted by molar-refractivity contribution is 8.15. The van der Waals surface area contributed by atoms with E-state index in [9.17, 15) is 13.2 Å². The van der Waals surface area contributed by atoms with Gasteiger partial charge in [-0.15, -0.1) is 0 Å². The summed E-state index contributed by atoms with van der Waals surface area (Å²) in [7, 11) is -2.95. The number of nitrogens with one attached hydrogen (secondary N) is 2. The van der Waals surface area contributed by atoms with Crippen molar-refractivity contribution in [1.29, 1.82) is 0 Å². The second-order valence-electron chi connectivity index (χ2n) is 7.84. The maximum absolute atomic E-state index is 12.5. The third-order valence-electron chi connectivity index (χ3n) is 5.30. The summed E-state index contributed by atoms with van der Waals surface area (Å²) in [4.78, 5) is 17.0. The molecule has 3 atom stereocenters. The number of hydrogen-bond donors (Lipinski definition) is 2. The van der Waals surface area contributed by atoms with Crippen molar-refractivity contribution in [2.45, 2.75) is 37.1 Å². The van der Waals surface area contributed by atoms with Gasteiger partial charge in [0.2, 0.25) is 0 Å². The summed E-state index contributed by atoms with van der Waals surface area (Å²) in [5.74, 6) is 0.241. The number of anilines is 1. The highest BCUT2D eigenvalue weighted by Gasteiger charge is 2.42. The van der Waals surface area contributed by atoms with Crippen LogP contribution in [0.3, 0.4) is 0 Å². The molecule has 8 heteroatoms. The Morgan fingerprint density at radius 3 is 2.57 bits per heavy atom. The summed E-state index contributed by atoms with van der Waals surface area (Å²) in [6.45, 7) is 2.02. The van der Waals surface area contributed by atoms with E-state index in [1.54, 1.807) is 12.1 Å². The number of sulfone groups is 1. The van der Waals surface area contributed by atoms with Crippen LogP contribution in [0.25, 0.3) is 0 Å². The van der Waals surface area contributed by atoms with Crippen LogP contribution >= 0.6 is 11.8 Å². The van der Waals surface area contributed by atoms with Crippen LogP contribution in [0.4, 0.5) is 5.69 Å². The Labute approximate surface area is 181 Å². The maximum atomic E-state index is 12.5. The summed E-state index contributed by atoms with van der Waals surface area (Å²) >= 11 is 1.48. The molecule has 0 aromatic heterocycles. The normalized spacial score (nSPS) is 22.8. The van der Waals surface area contributed by atoms with Crippen molar-refractivity contribution >= 4 is 38.4 Å². The summed E-state index contributed by atoms with van der Waals surface area (Å²) in [6, 6.07) is 17.4. The first-order valence-corrected chi connectivity index (χ1v) is 12.7. The van der Waals surface area contributed by atoms with Gasteiger partial charge in [0, 0.05) is 22.5 Å². The number of hydrogen-bond acceptors (Lipinski definition) is 6. The Kier molecular flexibility index (Phi) is 6.15. The number of aliphatic imine (C=N–C) groups is 1. The van der Waals surface area contributed by atoms with Crippen LogP contribution < -0.4 is 10.6 Å². The largest absolute Gasteiger partial charge is 0.350 e. The molecule has 1 amide bonds. The lowest BCUT2D eigenvalue weighted by Gasteiger charge is -2.14. The first kappa shape index (κ1) is 20.9. The number of benzene rings is 2. The van der Waals surface area contributed by atoms with Crippen LogP contribution in [-0.4, -0.2) is 48.3 Å². The van der Waals surface area contributed by atoms with Crippen molar-refractivity contribution in [2.24, 2.45) is 4.99 Å². The van der Waals surface area contributed by atoms with Gasteiger partial charge >= 0.3 is 0 Å². The molecule has 1 fully saturated rings. The van der Waals surface area contributed by atoms with Crippen molar-refractivity contribution in [1.82, 2.24) is 5.32 Å². The van der Waals surface area contributed by atoms with E-state index in [2.05, 4.69) is 27.8 Å². The molecule has 4 rings (SSSR count). The first-order chi connectivity index (χ1) is 14.4. The Morgan fingerprint density at radius 1 is 1.13 bits per heavy atom. The van der Waals surface area contributed by atoms with Crippen LogP contribution in [0, 0.1) is 0 Å². The fraction of sp³-hybridized carbons (Fsp3) is 0.364. The van der Waals surface area contributed by atoms with Crippen molar-refractivity contribution in [3.05, 3.63) is 65.7 Å². The molecule has 2 aliphatic rings. The van der Waals surface area contributed by atoms with Crippen molar-refractivity contribution in [3.8, 4) is 0 Å². The number of thioether (sulfide) groups is 1. The molecule has 2 aromatic carbocycles. The smallest absolute Gasteiger partial charge is 0.251 e. The van der Waals surface area contributed by atoms with Gasteiger partial charge < -0.3 is 10.6 Å². The monoisotopic (exact) mass is 443 g/mol. The zero-order chi connectivity index (χ0) is 21.1. The SMILES string of the molecule is C[C@H](CCc1ccccc1)NC(=O)c1ccc(NC2=N[C@@H]3CS(=O)(=O)C[C@H]3S2)cc1. The quantitative estimate of drug-likeness (QED) is 0.716. The molecular formula is C22H25N3O3S2. The number of aryl methyl sites for hydroxylation is 1. The minimum Gasteiger partial charge on any atom is -0.350 e. The molecule has 0 spiro atoms. The van der Waals surface area contributed by atoms with Crippen LogP contribution in [0.15, 0.2) is 59.6 Å². The molecule has 0 unspecified atom stereocenters. The highest BCUT2D eigenvalue weighted by Crippen LogP contribution is 2.34. The predicted molar refractivity (Wildman–Crippen MR) is 123 cm³/mol. The van der Waals surface area contributed by atoms with E-state index in [-0.39, 0.29) is 34.7 Å². The zero-order valence-electron chi connectivity index (χ0n) is 16.7. The molecule has 2 aliphatic heterocycles. The van der Waals surface area contributed by atoms with Crippen LogP contribution in [0.5, 0.6) is 0 Å². The van der Waals surface area contributed by atoms with Gasteiger partial charge in [-0.2, -0.15) is 0 Å². The number of carbonyl (C=O) groups is 1. The Bertz CT molecular complexity index is 1040. The van der Waals surface area contributed by atoms with Crippen LogP contribution in [-0.2, 0) is 16.3 Å². The average Bonchev–Trinajstić information content (AvgIpc) is 3.20. The standard InChI is InChI=1S/C22H25N3O3S2/c1-15(7-8-16-5-3-2-4-6-16)23-21(26)17-9-11-18(12-10-17)24-22-25-19-13-30(27,28)14-20(19)29-22/h2-6,9-12,15,19-20H,7-8,13-14H2,1H3,(H,23,26)(H,24,25)/t15-,19-,20-/m1/s1. The molecule has 2 heterocycles. The van der Waals surface area contributed by atoms with Crippen molar-refractivity contribution in [2.75, 3.05) is 16.8 Å². The molecular weight excluding hydrogens is 418 g/mol. The third-order valence-corrected chi connectivity index (χ3v) is 8.44. The van der Waals surface area contributed by atoms with E-state index in [1.165, 1.54) is 17.3 Å². The van der Waals surface area contributed by atoms with Crippen LogP contribution in [0.1, 0.15) is 29.3 Å². The lowest BCUT2D eigenvalue weighted by molar-refractivity contribution is 0.0938. The van der Waals surface area contributed by atoms with Gasteiger partial charge in [-0.1, -0.05) is 42.1 Å². The summed E-state index contributed by atoms with van der Waals surface area (Å²) in [5.41, 5.74) is 2.71. The lowest BCUT2D eigenvalue weighted by Crippen LogP contribution is -2.32. The molecule has 30 heavy (non-hydrogen) atoms. The van der Waals surface area contributed by atoms with Gasteiger partial charge in [0.15, 0.2) is 15.0 Å². The van der Waals surface area contributed by atoms with E-state index in [1.807, 2.05) is 37.3 Å². The summed E-state index contributed by atoms with van der Waals surface area (Å²) in [6.07, 6.45) is 1.80. The van der Waals surface area contributed by atoms with Gasteiger partial charge in [0.25, 0.3) is 5.91 Å². The van der Waals surface area contributed by atoms with E-state index in [4.69, 9.17) is 0 Å². The zero-order valence-corrected chi connectivity index (χ0v) is 18.4. The molecule has 2 N–H and O–H groups in total. The van der Waals surface area contributed by atoms with Crippen molar-refractivity contribution in [3.63, 3.8) is 0 Å². The fourth-order valence-electron chi connectivity index (χ4n) is 3.65. The second kappa shape index (κ2) is 8.81. The van der Waals surface area contributed by atoms with E-state index in [0.29, 0.717) is 5.56 Å². The molecule has 1 saturated heterocycles. The topological polar surface area (TPSA) is 87.6 Å². The van der Waals surface area contributed by atoms with Crippen LogP contribution in [0.2, 0.25) is 0 Å². The van der Waals surface area contributed by atoms with Gasteiger partial charge in [-0.3, -0.25) is 9.79 Å². The Balaban J connectivity index is 1.27. The molecule has 6 nitrogen and oxygen atoms in total. The van der Waals surface area contributed by atoms with Gasteiger partial charge in [0.1, 0.15) is 0 Å². The van der Waals surface area contributed by atoms with Crippen molar-refractivity contribution < 1.29 is 13.2 Å². The average molecular weight is 444 g/mol. The highest BCUT2D eigenvalue weighted by atomic mass is 32.2. The number of amidine groups is 1. The number of rotatable bonds is 6. The molecule has 2 aromatic rings. The van der Waals surface area contributed by atoms with Gasteiger partial charge in [-0.25, -0.2) is 8.42 Å². The molecule has 0 saturated carbocycles. The Hall–Kier alpha value is -2.32. The number of fused-ring (bicyclic) bond motifs is 1. The fourth-order valence-corrected chi connectivity index (χ4v) is 7.33. The lowest BCUT2D eigenvalue weighted by atomic mass is 10.1. The molecule has 0 bridgehead atoms. The minimum absolute atomic E-state index is 0.0138. The second-order valence-corrected chi connectivity index (χ2v) is 11.2. The number of nitrogens with zero attached hydrogens (tertiary/aromatic N) is 1. The summed E-state index contributed by atoms with van der Waals surface area (Å²) in [5, 5.41) is 7.03. The minimum atomic E-state index is -2.95. The van der Waals surface area contributed by atoms with Gasteiger partial charge in [0.05, 0.1) is 17.5 Å². The number of amides is 1. The first-order valence-electron chi connectivity index (χ1n) is 10.0.